The van der Waals surface area contributed by atoms with Crippen LogP contribution in [0.15, 0.2) is 34.6 Å². The van der Waals surface area contributed by atoms with Crippen LogP contribution in [-0.4, -0.2) is 29.4 Å². The molecule has 4 rings (SSSR count). The van der Waals surface area contributed by atoms with Crippen LogP contribution in [0.3, 0.4) is 0 Å². The van der Waals surface area contributed by atoms with E-state index < -0.39 is 0 Å². The Balaban J connectivity index is 1.85. The molecule has 0 saturated heterocycles. The molecule has 0 saturated carbocycles. The molecule has 0 spiro atoms. The summed E-state index contributed by atoms with van der Waals surface area (Å²) in [6, 6.07) is 0.297. The highest BCUT2D eigenvalue weighted by Gasteiger charge is 2.25. The van der Waals surface area contributed by atoms with Crippen molar-refractivity contribution in [1.29, 1.82) is 0 Å². The van der Waals surface area contributed by atoms with E-state index in [4.69, 9.17) is 4.99 Å². The summed E-state index contributed by atoms with van der Waals surface area (Å²) in [5.41, 5.74) is 2.61. The summed E-state index contributed by atoms with van der Waals surface area (Å²) in [6.07, 6.45) is 8.81. The van der Waals surface area contributed by atoms with Gasteiger partial charge < -0.3 is 0 Å². The predicted molar refractivity (Wildman–Crippen MR) is 92.3 cm³/mol. The first-order valence-electron chi connectivity index (χ1n) is 8.31. The summed E-state index contributed by atoms with van der Waals surface area (Å²) in [5.74, 6) is 1.36. The van der Waals surface area contributed by atoms with Gasteiger partial charge in [0.15, 0.2) is 0 Å². The molecule has 0 aromatic carbocycles. The van der Waals surface area contributed by atoms with Crippen LogP contribution in [0.5, 0.6) is 0 Å². The number of aryl methyl sites for hydroxylation is 1. The molecule has 1 aliphatic heterocycles. The lowest BCUT2D eigenvalue weighted by molar-refractivity contribution is 0.532. The summed E-state index contributed by atoms with van der Waals surface area (Å²) >= 11 is 0. The normalized spacial score (nSPS) is 13.8. The molecule has 3 aromatic heterocycles. The zero-order valence-electron chi connectivity index (χ0n) is 14.1. The minimum Gasteiger partial charge on any atom is -0.278 e. The Hall–Kier alpha value is -2.70. The third kappa shape index (κ3) is 2.11. The largest absolute Gasteiger partial charge is 0.278 e. The molecule has 24 heavy (non-hydrogen) atoms. The molecule has 0 bridgehead atoms. The van der Waals surface area contributed by atoms with Crippen LogP contribution in [0.1, 0.15) is 44.4 Å². The third-order valence-electron chi connectivity index (χ3n) is 4.36. The number of aromatic nitrogens is 5. The van der Waals surface area contributed by atoms with Gasteiger partial charge in [-0.15, -0.1) is 0 Å². The number of imidazole rings is 1. The number of fused-ring (bicyclic) bond motifs is 3. The lowest BCUT2D eigenvalue weighted by atomic mass is 10.1. The van der Waals surface area contributed by atoms with E-state index in [0.29, 0.717) is 30.6 Å². The highest BCUT2D eigenvalue weighted by Crippen LogP contribution is 2.27. The minimum atomic E-state index is 0.0144. The summed E-state index contributed by atoms with van der Waals surface area (Å²) < 4.78 is 5.56. The van der Waals surface area contributed by atoms with Gasteiger partial charge in [0.1, 0.15) is 5.82 Å². The average molecular weight is 324 g/mol. The maximum atomic E-state index is 12.9. The van der Waals surface area contributed by atoms with Crippen molar-refractivity contribution in [1.82, 2.24) is 23.7 Å². The van der Waals surface area contributed by atoms with E-state index in [2.05, 4.69) is 30.9 Å². The summed E-state index contributed by atoms with van der Waals surface area (Å²) in [6.45, 7) is 6.88. The Morgan fingerprint density at radius 1 is 1.33 bits per heavy atom. The number of nitrogens with zero attached hydrogens (tertiary/aromatic N) is 6. The molecule has 0 fully saturated rings. The van der Waals surface area contributed by atoms with Gasteiger partial charge in [0.05, 0.1) is 17.5 Å². The molecule has 0 atom stereocenters. The first kappa shape index (κ1) is 14.9. The molecule has 0 N–H and O–H groups in total. The Morgan fingerprint density at radius 2 is 2.17 bits per heavy atom. The molecule has 7 nitrogen and oxygen atoms in total. The fraction of sp³-hybridized carbons (Fsp3) is 0.412. The van der Waals surface area contributed by atoms with E-state index in [-0.39, 0.29) is 5.56 Å². The molecule has 0 radical (unpaired) electrons. The van der Waals surface area contributed by atoms with Crippen molar-refractivity contribution in [2.75, 3.05) is 0 Å². The Kier molecular flexibility index (Phi) is 3.37. The first-order chi connectivity index (χ1) is 11.6. The zero-order valence-corrected chi connectivity index (χ0v) is 14.1. The summed E-state index contributed by atoms with van der Waals surface area (Å²) in [4.78, 5) is 21.9. The van der Waals surface area contributed by atoms with Crippen molar-refractivity contribution in [3.63, 3.8) is 0 Å². The molecular weight excluding hydrogens is 304 g/mol. The fourth-order valence-electron chi connectivity index (χ4n) is 3.13. The van der Waals surface area contributed by atoms with Crippen molar-refractivity contribution >= 4 is 17.3 Å². The van der Waals surface area contributed by atoms with Gasteiger partial charge in [0.25, 0.3) is 5.56 Å². The average Bonchev–Trinajstić information content (AvgIpc) is 3.28. The molecule has 0 unspecified atom stereocenters. The van der Waals surface area contributed by atoms with Gasteiger partial charge in [0, 0.05) is 43.2 Å². The molecule has 1 aliphatic rings. The second-order valence-corrected chi connectivity index (χ2v) is 6.39. The maximum Gasteiger partial charge on any atom is 0.260 e. The highest BCUT2D eigenvalue weighted by molar-refractivity contribution is 6.05. The van der Waals surface area contributed by atoms with Crippen molar-refractivity contribution in [3.05, 3.63) is 46.3 Å². The SMILES string of the molecule is CCCn1c(=O)c2c(n3ccnc13)N=C(c1cnn(C(C)C)c1)C2. The van der Waals surface area contributed by atoms with E-state index in [1.807, 2.05) is 27.7 Å². The molecular formula is C17H20N6O. The van der Waals surface area contributed by atoms with Gasteiger partial charge in [-0.3, -0.25) is 18.4 Å². The minimum absolute atomic E-state index is 0.0144. The number of hydrogen-bond donors (Lipinski definition) is 0. The second-order valence-electron chi connectivity index (χ2n) is 6.39. The lowest BCUT2D eigenvalue weighted by Crippen LogP contribution is -2.26. The van der Waals surface area contributed by atoms with Crippen LogP contribution in [0.2, 0.25) is 0 Å². The molecule has 0 amide bonds. The summed E-state index contributed by atoms with van der Waals surface area (Å²) in [5, 5.41) is 4.38. The fourth-order valence-corrected chi connectivity index (χ4v) is 3.13. The highest BCUT2D eigenvalue weighted by atomic mass is 16.1. The number of hydrogen-bond acceptors (Lipinski definition) is 4. The third-order valence-corrected chi connectivity index (χ3v) is 4.36. The summed E-state index contributed by atoms with van der Waals surface area (Å²) in [7, 11) is 0. The van der Waals surface area contributed by atoms with Crippen molar-refractivity contribution in [2.45, 2.75) is 46.2 Å². The predicted octanol–water partition coefficient (Wildman–Crippen LogP) is 2.36. The standard InChI is InChI=1S/C17H20N6O/c1-4-6-22-16(24)13-8-14(12-9-19-23(10-12)11(2)3)20-15(13)21-7-5-18-17(21)22/h5,7,9-11H,4,6,8H2,1-3H3. The molecule has 124 valence electrons. The van der Waals surface area contributed by atoms with Gasteiger partial charge in [-0.2, -0.15) is 5.10 Å². The van der Waals surface area contributed by atoms with Crippen LogP contribution in [0.4, 0.5) is 5.82 Å². The number of aliphatic imine (C=N–C) groups is 1. The van der Waals surface area contributed by atoms with E-state index in [9.17, 15) is 4.79 Å². The van der Waals surface area contributed by atoms with Gasteiger partial charge in [-0.1, -0.05) is 6.92 Å². The van der Waals surface area contributed by atoms with Crippen LogP contribution in [0, 0.1) is 0 Å². The second kappa shape index (κ2) is 5.43. The first-order valence-corrected chi connectivity index (χ1v) is 8.31. The van der Waals surface area contributed by atoms with Crippen LogP contribution in [0.25, 0.3) is 5.78 Å². The quantitative estimate of drug-likeness (QED) is 0.740. The smallest absolute Gasteiger partial charge is 0.260 e. The molecule has 4 heterocycles. The Bertz CT molecular complexity index is 1000. The van der Waals surface area contributed by atoms with Gasteiger partial charge >= 0.3 is 0 Å². The lowest BCUT2D eigenvalue weighted by Gasteiger charge is -2.09. The van der Waals surface area contributed by atoms with Crippen LogP contribution >= 0.6 is 0 Å². The van der Waals surface area contributed by atoms with Gasteiger partial charge in [-0.25, -0.2) is 9.98 Å². The molecule has 7 heteroatoms. The van der Waals surface area contributed by atoms with E-state index in [1.165, 1.54) is 0 Å². The number of rotatable bonds is 4. The van der Waals surface area contributed by atoms with Crippen LogP contribution in [-0.2, 0) is 13.0 Å². The van der Waals surface area contributed by atoms with E-state index in [1.54, 1.807) is 10.8 Å². The van der Waals surface area contributed by atoms with Crippen molar-refractivity contribution < 1.29 is 0 Å². The Morgan fingerprint density at radius 3 is 2.88 bits per heavy atom. The van der Waals surface area contributed by atoms with Crippen molar-refractivity contribution in [2.24, 2.45) is 4.99 Å². The van der Waals surface area contributed by atoms with E-state index >= 15 is 0 Å². The van der Waals surface area contributed by atoms with E-state index in [0.717, 1.165) is 23.3 Å². The van der Waals surface area contributed by atoms with Crippen molar-refractivity contribution in [3.8, 4) is 0 Å². The zero-order chi connectivity index (χ0) is 16.8. The topological polar surface area (TPSA) is 69.5 Å². The molecule has 3 aromatic rings. The monoisotopic (exact) mass is 324 g/mol. The van der Waals surface area contributed by atoms with Crippen LogP contribution < -0.4 is 5.56 Å². The Labute approximate surface area is 139 Å². The van der Waals surface area contributed by atoms with Gasteiger partial charge in [-0.05, 0) is 20.3 Å². The van der Waals surface area contributed by atoms with Gasteiger partial charge in [0.2, 0.25) is 5.78 Å². The molecule has 0 aliphatic carbocycles. The maximum absolute atomic E-state index is 12.9.